The van der Waals surface area contributed by atoms with Crippen LogP contribution in [-0.4, -0.2) is 60.2 Å². The van der Waals surface area contributed by atoms with Gasteiger partial charge in [-0.15, -0.1) is 0 Å². The van der Waals surface area contributed by atoms with Crippen LogP contribution in [0.5, 0.6) is 0 Å². The zero-order valence-electron chi connectivity index (χ0n) is 18.5. The van der Waals surface area contributed by atoms with Gasteiger partial charge in [-0.05, 0) is 69.4 Å². The highest BCUT2D eigenvalue weighted by atomic mass is 127. The molecular weight excluding hydrogens is 726 g/mol. The third kappa shape index (κ3) is 9.52. The summed E-state index contributed by atoms with van der Waals surface area (Å²) in [5, 5.41) is 22.1. The molecule has 2 rings (SSSR count). The van der Waals surface area contributed by atoms with Crippen LogP contribution in [0.1, 0.15) is 27.1 Å². The van der Waals surface area contributed by atoms with E-state index >= 15 is 0 Å². The first-order chi connectivity index (χ1) is 17.5. The molecule has 0 bridgehead atoms. The van der Waals surface area contributed by atoms with E-state index < -0.39 is 77.9 Å². The Hall–Kier alpha value is -3.42. The highest BCUT2D eigenvalue weighted by Crippen LogP contribution is 2.23. The van der Waals surface area contributed by atoms with E-state index in [1.807, 2.05) is 45.2 Å². The van der Waals surface area contributed by atoms with Crippen LogP contribution < -0.4 is 0 Å². The third-order valence-electron chi connectivity index (χ3n) is 4.20. The summed E-state index contributed by atoms with van der Waals surface area (Å²) in [6.45, 7) is -1.66. The third-order valence-corrected chi connectivity index (χ3v) is 5.54. The Bertz CT molecular complexity index is 1140. The Labute approximate surface area is 235 Å². The normalized spacial score (nSPS) is 10.2. The Kier molecular flexibility index (Phi) is 11.6. The maximum atomic E-state index is 12.0. The number of halogens is 2. The van der Waals surface area contributed by atoms with Crippen molar-refractivity contribution < 1.29 is 48.0 Å². The average Bonchev–Trinajstić information content (AvgIpc) is 2.83. The number of hydrogen-bond donors (Lipinski definition) is 0. The van der Waals surface area contributed by atoms with E-state index in [2.05, 4.69) is 0 Å². The van der Waals surface area contributed by atoms with Crippen LogP contribution in [0.25, 0.3) is 0 Å². The maximum Gasteiger partial charge on any atom is 0.345 e. The van der Waals surface area contributed by atoms with Crippen LogP contribution in [0.2, 0.25) is 0 Å². The van der Waals surface area contributed by atoms with E-state index in [1.54, 1.807) is 0 Å². The van der Waals surface area contributed by atoms with Gasteiger partial charge in [0.25, 0.3) is 11.4 Å². The molecule has 196 valence electrons. The molecule has 0 amide bonds. The van der Waals surface area contributed by atoms with Crippen molar-refractivity contribution in [3.05, 3.63) is 74.9 Å². The number of nitro benzene ring substituents is 2. The first kappa shape index (κ1) is 29.8. The van der Waals surface area contributed by atoms with Gasteiger partial charge in [-0.1, -0.05) is 0 Å². The molecule has 37 heavy (non-hydrogen) atoms. The molecule has 0 heterocycles. The lowest BCUT2D eigenvalue weighted by Gasteiger charge is -2.08. The van der Waals surface area contributed by atoms with Crippen LogP contribution in [0.4, 0.5) is 11.4 Å². The SMILES string of the molecule is O=C(CC(=O)OCCOC(=O)c1ccc(I)cc1[N+](=O)[O-])OCCOC(=O)c1ccc(I)cc1[N+](=O)[O-]. The van der Waals surface area contributed by atoms with Crippen LogP contribution in [0, 0.1) is 27.4 Å². The van der Waals surface area contributed by atoms with Gasteiger partial charge >= 0.3 is 23.9 Å². The number of nitrogens with zero attached hydrogens (tertiary/aromatic N) is 2. The van der Waals surface area contributed by atoms with Gasteiger partial charge in [-0.25, -0.2) is 9.59 Å². The number of nitro groups is 2. The Morgan fingerprint density at radius 3 is 1.35 bits per heavy atom. The molecule has 0 saturated carbocycles. The van der Waals surface area contributed by atoms with E-state index in [0.29, 0.717) is 7.14 Å². The number of rotatable bonds is 12. The van der Waals surface area contributed by atoms with E-state index in [0.717, 1.165) is 0 Å². The van der Waals surface area contributed by atoms with Crippen LogP contribution >= 0.6 is 45.2 Å². The van der Waals surface area contributed by atoms with Gasteiger partial charge in [0.2, 0.25) is 0 Å². The molecule has 0 unspecified atom stereocenters. The summed E-state index contributed by atoms with van der Waals surface area (Å²) in [5.41, 5.74) is -1.39. The average molecular weight is 742 g/mol. The minimum absolute atomic E-state index is 0.266. The van der Waals surface area contributed by atoms with Crippen molar-refractivity contribution in [3.63, 3.8) is 0 Å². The highest BCUT2D eigenvalue weighted by molar-refractivity contribution is 14.1. The fourth-order valence-corrected chi connectivity index (χ4v) is 3.56. The first-order valence-electron chi connectivity index (χ1n) is 10.0. The summed E-state index contributed by atoms with van der Waals surface area (Å²) in [4.78, 5) is 68.2. The summed E-state index contributed by atoms with van der Waals surface area (Å²) in [5.74, 6) is -3.95. The zero-order valence-corrected chi connectivity index (χ0v) is 22.9. The largest absolute Gasteiger partial charge is 0.462 e. The lowest BCUT2D eigenvalue weighted by molar-refractivity contribution is -0.385. The second kappa shape index (κ2) is 14.4. The smallest absolute Gasteiger partial charge is 0.345 e. The molecule has 0 fully saturated rings. The number of hydrogen-bond acceptors (Lipinski definition) is 12. The van der Waals surface area contributed by atoms with Crippen molar-refractivity contribution in [2.45, 2.75) is 6.42 Å². The number of carbonyl (C=O) groups is 4. The molecule has 0 saturated heterocycles. The molecule has 0 N–H and O–H groups in total. The topological polar surface area (TPSA) is 191 Å². The van der Waals surface area contributed by atoms with Gasteiger partial charge in [-0.2, -0.15) is 0 Å². The van der Waals surface area contributed by atoms with Gasteiger partial charge in [0.05, 0.1) is 9.85 Å². The Balaban J connectivity index is 1.68. The predicted molar refractivity (Wildman–Crippen MR) is 139 cm³/mol. The quantitative estimate of drug-likeness (QED) is 0.0588. The van der Waals surface area contributed by atoms with Gasteiger partial charge in [0.15, 0.2) is 0 Å². The second-order valence-electron chi connectivity index (χ2n) is 6.73. The lowest BCUT2D eigenvalue weighted by atomic mass is 10.2. The Morgan fingerprint density at radius 2 is 1.00 bits per heavy atom. The monoisotopic (exact) mass is 742 g/mol. The Morgan fingerprint density at radius 1 is 0.649 bits per heavy atom. The molecule has 16 heteroatoms. The molecule has 0 aliphatic carbocycles. The van der Waals surface area contributed by atoms with Gasteiger partial charge < -0.3 is 18.9 Å². The second-order valence-corrected chi connectivity index (χ2v) is 9.22. The highest BCUT2D eigenvalue weighted by Gasteiger charge is 2.23. The van der Waals surface area contributed by atoms with E-state index in [9.17, 15) is 39.4 Å². The summed E-state index contributed by atoms with van der Waals surface area (Å²) in [6.07, 6.45) is -0.785. The summed E-state index contributed by atoms with van der Waals surface area (Å²) >= 11 is 3.71. The van der Waals surface area contributed by atoms with E-state index in [4.69, 9.17) is 18.9 Å². The molecule has 0 aromatic heterocycles. The van der Waals surface area contributed by atoms with Crippen molar-refractivity contribution in [1.82, 2.24) is 0 Å². The molecule has 0 aliphatic heterocycles. The van der Waals surface area contributed by atoms with E-state index in [1.165, 1.54) is 36.4 Å². The van der Waals surface area contributed by atoms with Gasteiger partial charge in [-0.3, -0.25) is 29.8 Å². The number of benzene rings is 2. The molecule has 0 atom stereocenters. The minimum atomic E-state index is -0.993. The van der Waals surface area contributed by atoms with Crippen molar-refractivity contribution in [2.24, 2.45) is 0 Å². The van der Waals surface area contributed by atoms with Crippen LogP contribution in [0.3, 0.4) is 0 Å². The minimum Gasteiger partial charge on any atom is -0.462 e. The van der Waals surface area contributed by atoms with Crippen molar-refractivity contribution in [2.75, 3.05) is 26.4 Å². The van der Waals surface area contributed by atoms with Crippen molar-refractivity contribution in [1.29, 1.82) is 0 Å². The molecule has 0 radical (unpaired) electrons. The van der Waals surface area contributed by atoms with Gasteiger partial charge in [0, 0.05) is 19.3 Å². The number of carbonyl (C=O) groups excluding carboxylic acids is 4. The lowest BCUT2D eigenvalue weighted by Crippen LogP contribution is -2.19. The molecule has 2 aromatic carbocycles. The number of esters is 4. The fraction of sp³-hybridized carbons (Fsp3) is 0.238. The van der Waals surface area contributed by atoms with Crippen molar-refractivity contribution >= 4 is 80.4 Å². The summed E-state index contributed by atoms with van der Waals surface area (Å²) in [6, 6.07) is 7.86. The number of ether oxygens (including phenoxy) is 4. The summed E-state index contributed by atoms with van der Waals surface area (Å²) in [7, 11) is 0. The molecule has 2 aromatic rings. The first-order valence-corrected chi connectivity index (χ1v) is 12.2. The fourth-order valence-electron chi connectivity index (χ4n) is 2.61. The predicted octanol–water partition coefficient (Wildman–Crippen LogP) is 3.20. The van der Waals surface area contributed by atoms with Crippen molar-refractivity contribution in [3.8, 4) is 0 Å². The van der Waals surface area contributed by atoms with E-state index in [-0.39, 0.29) is 11.1 Å². The maximum absolute atomic E-state index is 12.0. The molecular formula is C21H16I2N2O12. The standard InChI is InChI=1S/C21H16I2N2O12/c22-12-1-3-14(16(9-12)24(30)31)20(28)36-7-5-34-18(26)11-19(27)35-6-8-37-21(29)15-4-2-13(23)10-17(15)25(32)33/h1-4,9-10H,5-8,11H2. The van der Waals surface area contributed by atoms with Crippen LogP contribution in [0.15, 0.2) is 36.4 Å². The molecule has 14 nitrogen and oxygen atoms in total. The van der Waals surface area contributed by atoms with Crippen LogP contribution in [-0.2, 0) is 28.5 Å². The van der Waals surface area contributed by atoms with Gasteiger partial charge in [0.1, 0.15) is 44.0 Å². The zero-order chi connectivity index (χ0) is 27.5. The molecule has 0 aliphatic rings. The molecule has 0 spiro atoms. The summed E-state index contributed by atoms with van der Waals surface area (Å²) < 4.78 is 20.3.